The van der Waals surface area contributed by atoms with Crippen molar-refractivity contribution in [3.8, 4) is 27.9 Å². The lowest BCUT2D eigenvalue weighted by Gasteiger charge is -2.39. The first-order valence-electron chi connectivity index (χ1n) is 21.7. The number of para-hydroxylation sites is 4. The Hall–Kier alpha value is -8.34. The summed E-state index contributed by atoms with van der Waals surface area (Å²) in [6, 6.07) is 72.9. The number of fused-ring (bicyclic) bond motifs is 15. The van der Waals surface area contributed by atoms with Gasteiger partial charge < -0.3 is 14.4 Å². The maximum Gasteiger partial charge on any atom is 0.135 e. The summed E-state index contributed by atoms with van der Waals surface area (Å²) in [6.45, 7) is 5.99. The van der Waals surface area contributed by atoms with Gasteiger partial charge in [0.1, 0.15) is 11.2 Å². The lowest BCUT2D eigenvalue weighted by molar-refractivity contribution is 0.669. The Bertz CT molecular complexity index is 3720. The van der Waals surface area contributed by atoms with Crippen LogP contribution >= 0.6 is 0 Å². The van der Waals surface area contributed by atoms with Gasteiger partial charge in [-0.15, -0.1) is 0 Å². The normalized spacial score (nSPS) is 14.6. The lowest BCUT2D eigenvalue weighted by atomic mass is 9.65. The van der Waals surface area contributed by atoms with Crippen LogP contribution in [0.2, 0.25) is 0 Å². The molecule has 0 saturated carbocycles. The van der Waals surface area contributed by atoms with Gasteiger partial charge in [0.25, 0.3) is 0 Å². The molecule has 1 atom stereocenters. The van der Waals surface area contributed by atoms with Gasteiger partial charge in [0.15, 0.2) is 0 Å². The summed E-state index contributed by atoms with van der Waals surface area (Å²) < 4.78 is 8.69. The Balaban J connectivity index is 0.000000568. The number of aliphatic imine (C=N–C) groups is 1. The van der Waals surface area contributed by atoms with Gasteiger partial charge in [-0.25, -0.2) is 0 Å². The molecule has 2 aliphatic rings. The van der Waals surface area contributed by atoms with E-state index >= 15 is 0 Å². The van der Waals surface area contributed by atoms with Crippen LogP contribution in [-0.4, -0.2) is 17.0 Å². The van der Waals surface area contributed by atoms with E-state index in [-0.39, 0.29) is 0 Å². The molecule has 1 spiro atoms. The summed E-state index contributed by atoms with van der Waals surface area (Å²) in [6.07, 6.45) is 1.86. The van der Waals surface area contributed by atoms with Gasteiger partial charge in [-0.05, 0) is 101 Å². The maximum atomic E-state index is 9.76. The molecule has 0 radical (unpaired) electrons. The average molecular weight is 820 g/mol. The minimum absolute atomic E-state index is 0.384. The smallest absolute Gasteiger partial charge is 0.135 e. The van der Waals surface area contributed by atoms with Crippen molar-refractivity contribution in [2.24, 2.45) is 4.99 Å². The standard InChI is InChI=1S/C53H33N3O.C7H8/c1-55-46(32-13-3-2-4-14-32)31-45(54)38-18-12-20-43-51(38)40-30-33(34-26-28-50-39(29-34)36-16-6-10-24-49(36)57-50)25-27-41(40)53(43)42-19-7-9-23-48(42)56-47-22-8-5-15-35(47)37-17-11-21-44(53)52(37)56;1-7-5-3-2-4-6-7/h2-31,54H,1H2;2-6H,1H3/b46-31-,54-45?;. The van der Waals surface area contributed by atoms with E-state index in [2.05, 4.69) is 169 Å². The Morgan fingerprint density at radius 1 is 0.562 bits per heavy atom. The molecular weight excluding hydrogens is 779 g/mol. The van der Waals surface area contributed by atoms with Gasteiger partial charge in [0.2, 0.25) is 0 Å². The number of allylic oxidation sites excluding steroid dienone is 1. The number of furan rings is 1. The highest BCUT2D eigenvalue weighted by molar-refractivity contribution is 6.17. The van der Waals surface area contributed by atoms with E-state index < -0.39 is 5.41 Å². The van der Waals surface area contributed by atoms with Crippen LogP contribution in [0, 0.1) is 12.3 Å². The predicted octanol–water partition coefficient (Wildman–Crippen LogP) is 15.1. The Morgan fingerprint density at radius 2 is 1.20 bits per heavy atom. The second-order valence-corrected chi connectivity index (χ2v) is 16.7. The van der Waals surface area contributed by atoms with Gasteiger partial charge >= 0.3 is 0 Å². The summed E-state index contributed by atoms with van der Waals surface area (Å²) in [7, 11) is 0. The molecule has 64 heavy (non-hydrogen) atoms. The molecule has 4 nitrogen and oxygen atoms in total. The zero-order chi connectivity index (χ0) is 42.9. The quantitative estimate of drug-likeness (QED) is 0.173. The predicted molar refractivity (Wildman–Crippen MR) is 266 cm³/mol. The minimum atomic E-state index is -0.645. The van der Waals surface area contributed by atoms with Crippen LogP contribution < -0.4 is 0 Å². The molecule has 1 aliphatic heterocycles. The third-order valence-electron chi connectivity index (χ3n) is 13.3. The number of rotatable bonds is 5. The molecule has 11 aromatic rings. The first-order chi connectivity index (χ1) is 31.5. The molecule has 13 rings (SSSR count). The number of aryl methyl sites for hydroxylation is 1. The summed E-state index contributed by atoms with van der Waals surface area (Å²) in [5, 5.41) is 14.4. The fourth-order valence-corrected chi connectivity index (χ4v) is 10.5. The number of nitrogens with one attached hydrogen (secondary N) is 1. The zero-order valence-corrected chi connectivity index (χ0v) is 35.2. The molecule has 1 aliphatic carbocycles. The van der Waals surface area contributed by atoms with E-state index in [0.29, 0.717) is 11.4 Å². The van der Waals surface area contributed by atoms with Crippen LogP contribution in [-0.2, 0) is 5.41 Å². The number of hydrogen-bond donors (Lipinski definition) is 1. The SMILES string of the molecule is C=N/C(=C\C(=N)c1cccc2c1-c1cc(-c3ccc4oc5ccccc5c4c3)ccc1C21c2ccccc2-n2c3ccccc3c3cccc1c32)c1ccccc1.Cc1ccccc1. The number of benzene rings is 9. The van der Waals surface area contributed by atoms with Crippen molar-refractivity contribution in [1.82, 2.24) is 4.57 Å². The molecule has 1 unspecified atom stereocenters. The van der Waals surface area contributed by atoms with Gasteiger partial charge in [0, 0.05) is 32.7 Å². The second kappa shape index (κ2) is 14.6. The molecule has 0 saturated heterocycles. The maximum absolute atomic E-state index is 9.76. The molecule has 0 bridgehead atoms. The van der Waals surface area contributed by atoms with Gasteiger partial charge in [-0.1, -0.05) is 175 Å². The highest BCUT2D eigenvalue weighted by atomic mass is 16.3. The molecule has 3 heterocycles. The van der Waals surface area contributed by atoms with Crippen LogP contribution in [0.4, 0.5) is 0 Å². The fourth-order valence-electron chi connectivity index (χ4n) is 10.5. The first-order valence-corrected chi connectivity index (χ1v) is 21.7. The topological polar surface area (TPSA) is 54.3 Å². The molecular formula is C60H41N3O. The lowest BCUT2D eigenvalue weighted by Crippen LogP contribution is -2.33. The first kappa shape index (κ1) is 37.4. The average Bonchev–Trinajstić information content (AvgIpc) is 4.00. The summed E-state index contributed by atoms with van der Waals surface area (Å²) in [5.41, 5.74) is 18.1. The molecule has 2 aromatic heterocycles. The molecule has 302 valence electrons. The van der Waals surface area contributed by atoms with E-state index in [4.69, 9.17) is 4.42 Å². The van der Waals surface area contributed by atoms with Gasteiger partial charge in [-0.2, -0.15) is 0 Å². The third-order valence-corrected chi connectivity index (χ3v) is 13.3. The molecule has 0 amide bonds. The third kappa shape index (κ3) is 5.49. The van der Waals surface area contributed by atoms with Crippen molar-refractivity contribution in [3.05, 3.63) is 251 Å². The van der Waals surface area contributed by atoms with Crippen LogP contribution in [0.3, 0.4) is 0 Å². The number of nitrogens with zero attached hydrogens (tertiary/aromatic N) is 2. The fraction of sp³-hybridized carbons (Fsp3) is 0.0333. The number of hydrogen-bond acceptors (Lipinski definition) is 3. The molecule has 4 heteroatoms. The minimum Gasteiger partial charge on any atom is -0.456 e. The van der Waals surface area contributed by atoms with Crippen molar-refractivity contribution >= 4 is 61.9 Å². The molecule has 0 fully saturated rings. The second-order valence-electron chi connectivity index (χ2n) is 16.7. The van der Waals surface area contributed by atoms with Crippen LogP contribution in [0.1, 0.15) is 38.9 Å². The van der Waals surface area contributed by atoms with Gasteiger partial charge in [0.05, 0.1) is 33.5 Å². The van der Waals surface area contributed by atoms with E-state index in [0.717, 1.165) is 55.3 Å². The zero-order valence-electron chi connectivity index (χ0n) is 35.2. The summed E-state index contributed by atoms with van der Waals surface area (Å²) in [4.78, 5) is 4.40. The van der Waals surface area contributed by atoms with E-state index in [1.54, 1.807) is 0 Å². The largest absolute Gasteiger partial charge is 0.456 e. The highest BCUT2D eigenvalue weighted by Crippen LogP contribution is 2.62. The molecule has 9 aromatic carbocycles. The van der Waals surface area contributed by atoms with E-state index in [1.807, 2.05) is 66.7 Å². The monoisotopic (exact) mass is 819 g/mol. The van der Waals surface area contributed by atoms with Crippen LogP contribution in [0.15, 0.2) is 222 Å². The summed E-state index contributed by atoms with van der Waals surface area (Å²) >= 11 is 0. The van der Waals surface area contributed by atoms with Crippen molar-refractivity contribution in [2.75, 3.05) is 0 Å². The Labute approximate surface area is 371 Å². The van der Waals surface area contributed by atoms with Crippen molar-refractivity contribution in [3.63, 3.8) is 0 Å². The molecule has 1 N–H and O–H groups in total. The van der Waals surface area contributed by atoms with E-state index in [9.17, 15) is 5.41 Å². The van der Waals surface area contributed by atoms with Crippen molar-refractivity contribution in [2.45, 2.75) is 12.3 Å². The van der Waals surface area contributed by atoms with E-state index in [1.165, 1.54) is 55.3 Å². The highest BCUT2D eigenvalue weighted by Gasteiger charge is 2.51. The number of aromatic nitrogens is 1. The van der Waals surface area contributed by atoms with Crippen molar-refractivity contribution < 1.29 is 4.42 Å². The van der Waals surface area contributed by atoms with Crippen LogP contribution in [0.5, 0.6) is 0 Å². The Morgan fingerprint density at radius 3 is 2.02 bits per heavy atom. The summed E-state index contributed by atoms with van der Waals surface area (Å²) in [5.74, 6) is 0. The van der Waals surface area contributed by atoms with Crippen LogP contribution in [0.25, 0.3) is 77.4 Å². The van der Waals surface area contributed by atoms with Gasteiger partial charge in [-0.3, -0.25) is 4.99 Å². The Kier molecular flexibility index (Phi) is 8.56. The van der Waals surface area contributed by atoms with Crippen molar-refractivity contribution in [1.29, 1.82) is 5.41 Å².